The molecule has 3 aromatic carbocycles. The number of H-pyrrole nitrogens is 1. The summed E-state index contributed by atoms with van der Waals surface area (Å²) in [6, 6.07) is 22.1. The van der Waals surface area contributed by atoms with Crippen molar-refractivity contribution in [2.24, 2.45) is 0 Å². The summed E-state index contributed by atoms with van der Waals surface area (Å²) in [5, 5.41) is 17.9. The molecule has 0 bridgehead atoms. The van der Waals surface area contributed by atoms with Crippen LogP contribution in [0.3, 0.4) is 0 Å². The van der Waals surface area contributed by atoms with Gasteiger partial charge in [0.1, 0.15) is 29.5 Å². The smallest absolute Gasteiger partial charge is 0.173 e. The molecule has 5 nitrogen and oxygen atoms in total. The Hall–Kier alpha value is -3.44. The van der Waals surface area contributed by atoms with Crippen molar-refractivity contribution in [2.45, 2.75) is 6.61 Å². The maximum Gasteiger partial charge on any atom is 0.173 e. The van der Waals surface area contributed by atoms with Crippen LogP contribution in [0, 0.1) is 0 Å². The van der Waals surface area contributed by atoms with Gasteiger partial charge in [-0.3, -0.25) is 5.10 Å². The summed E-state index contributed by atoms with van der Waals surface area (Å²) in [6.45, 7) is 0.421. The number of benzene rings is 3. The third kappa shape index (κ3) is 3.94. The molecule has 0 amide bonds. The van der Waals surface area contributed by atoms with Crippen LogP contribution < -0.4 is 9.47 Å². The Bertz CT molecular complexity index is 1080. The van der Waals surface area contributed by atoms with Gasteiger partial charge in [-0.1, -0.05) is 54.1 Å². The van der Waals surface area contributed by atoms with E-state index in [1.807, 2.05) is 42.5 Å². The predicted octanol–water partition coefficient (Wildman–Crippen LogP) is 5.81. The quantitative estimate of drug-likeness (QED) is 0.434. The second kappa shape index (κ2) is 8.06. The number of aromatic nitrogens is 2. The van der Waals surface area contributed by atoms with Gasteiger partial charge in [-0.2, -0.15) is 5.10 Å². The van der Waals surface area contributed by atoms with Gasteiger partial charge in [0.15, 0.2) is 5.75 Å². The Labute approximate surface area is 167 Å². The number of nitrogens with zero attached hydrogens (tertiary/aromatic N) is 1. The molecule has 6 heteroatoms. The van der Waals surface area contributed by atoms with Crippen LogP contribution >= 0.6 is 11.6 Å². The highest BCUT2D eigenvalue weighted by molar-refractivity contribution is 6.32. The number of rotatable bonds is 6. The maximum atomic E-state index is 10.5. The van der Waals surface area contributed by atoms with Crippen LogP contribution in [-0.4, -0.2) is 15.3 Å². The summed E-state index contributed by atoms with van der Waals surface area (Å²) in [5.41, 5.74) is 2.15. The zero-order valence-electron chi connectivity index (χ0n) is 14.8. The van der Waals surface area contributed by atoms with E-state index in [4.69, 9.17) is 21.1 Å². The fourth-order valence-electron chi connectivity index (χ4n) is 2.74. The van der Waals surface area contributed by atoms with Crippen molar-refractivity contribution in [3.8, 4) is 34.3 Å². The normalized spacial score (nSPS) is 10.6. The molecule has 140 valence electrons. The zero-order chi connectivity index (χ0) is 19.3. The zero-order valence-corrected chi connectivity index (χ0v) is 15.6. The predicted molar refractivity (Wildman–Crippen MR) is 108 cm³/mol. The molecule has 0 atom stereocenters. The van der Waals surface area contributed by atoms with E-state index in [1.165, 1.54) is 6.20 Å². The lowest BCUT2D eigenvalue weighted by molar-refractivity contribution is 0.304. The molecule has 0 fully saturated rings. The first kappa shape index (κ1) is 17.9. The number of hydrogen-bond donors (Lipinski definition) is 2. The molecule has 0 aliphatic rings. The highest BCUT2D eigenvalue weighted by Gasteiger charge is 2.15. The number of phenolic OH excluding ortho intramolecular Hbond substituents is 1. The lowest BCUT2D eigenvalue weighted by Gasteiger charge is -2.11. The van der Waals surface area contributed by atoms with E-state index in [-0.39, 0.29) is 5.75 Å². The Morgan fingerprint density at radius 2 is 1.71 bits per heavy atom. The van der Waals surface area contributed by atoms with Crippen molar-refractivity contribution in [1.82, 2.24) is 10.2 Å². The molecule has 0 spiro atoms. The van der Waals surface area contributed by atoms with Gasteiger partial charge in [-0.25, -0.2) is 0 Å². The molecular formula is C22H17ClN2O3. The summed E-state index contributed by atoms with van der Waals surface area (Å²) in [4.78, 5) is 0. The Kier molecular flexibility index (Phi) is 5.17. The number of phenols is 1. The number of nitrogens with one attached hydrogen (secondary N) is 1. The van der Waals surface area contributed by atoms with Crippen molar-refractivity contribution < 1.29 is 14.6 Å². The minimum Gasteiger partial charge on any atom is -0.507 e. The van der Waals surface area contributed by atoms with Crippen molar-refractivity contribution in [3.05, 3.63) is 89.6 Å². The average molecular weight is 393 g/mol. The minimum absolute atomic E-state index is 0.0545. The van der Waals surface area contributed by atoms with Gasteiger partial charge >= 0.3 is 0 Å². The van der Waals surface area contributed by atoms with Crippen LogP contribution in [0.4, 0.5) is 0 Å². The molecule has 0 radical (unpaired) electrons. The highest BCUT2D eigenvalue weighted by Crippen LogP contribution is 2.39. The van der Waals surface area contributed by atoms with Crippen molar-refractivity contribution in [2.75, 3.05) is 0 Å². The average Bonchev–Trinajstić information content (AvgIpc) is 3.17. The summed E-state index contributed by atoms with van der Waals surface area (Å²) in [5.74, 6) is 1.59. The molecule has 0 aliphatic carbocycles. The largest absolute Gasteiger partial charge is 0.507 e. The summed E-state index contributed by atoms with van der Waals surface area (Å²) >= 11 is 6.16. The van der Waals surface area contributed by atoms with Gasteiger partial charge in [-0.05, 0) is 29.8 Å². The second-order valence-corrected chi connectivity index (χ2v) is 6.50. The van der Waals surface area contributed by atoms with Gasteiger partial charge in [0.25, 0.3) is 0 Å². The molecule has 1 heterocycles. The van der Waals surface area contributed by atoms with Crippen molar-refractivity contribution in [3.63, 3.8) is 0 Å². The molecule has 0 aliphatic heterocycles. The molecule has 28 heavy (non-hydrogen) atoms. The van der Waals surface area contributed by atoms with Gasteiger partial charge in [0.05, 0.1) is 11.2 Å². The van der Waals surface area contributed by atoms with Crippen molar-refractivity contribution in [1.29, 1.82) is 0 Å². The van der Waals surface area contributed by atoms with E-state index >= 15 is 0 Å². The van der Waals surface area contributed by atoms with Gasteiger partial charge in [0.2, 0.25) is 0 Å². The van der Waals surface area contributed by atoms with Crippen molar-refractivity contribution >= 4 is 11.6 Å². The van der Waals surface area contributed by atoms with E-state index in [1.54, 1.807) is 30.3 Å². The molecule has 1 aromatic heterocycles. The molecule has 0 saturated heterocycles. The first-order valence-electron chi connectivity index (χ1n) is 8.66. The third-order valence-corrected chi connectivity index (χ3v) is 4.46. The van der Waals surface area contributed by atoms with Gasteiger partial charge in [-0.15, -0.1) is 0 Å². The highest BCUT2D eigenvalue weighted by atomic mass is 35.5. The van der Waals surface area contributed by atoms with Crippen LogP contribution in [-0.2, 0) is 6.61 Å². The molecule has 2 N–H and O–H groups in total. The first-order valence-corrected chi connectivity index (χ1v) is 9.04. The van der Waals surface area contributed by atoms with Gasteiger partial charge in [0, 0.05) is 11.6 Å². The van der Waals surface area contributed by atoms with Crippen LogP contribution in [0.5, 0.6) is 23.0 Å². The van der Waals surface area contributed by atoms with E-state index in [9.17, 15) is 5.11 Å². The Morgan fingerprint density at radius 1 is 0.929 bits per heavy atom. The summed E-state index contributed by atoms with van der Waals surface area (Å²) < 4.78 is 11.6. The molecule has 4 aromatic rings. The van der Waals surface area contributed by atoms with E-state index in [0.717, 1.165) is 5.56 Å². The third-order valence-electron chi connectivity index (χ3n) is 4.15. The monoisotopic (exact) mass is 392 g/mol. The fourth-order valence-corrected chi connectivity index (χ4v) is 2.92. The van der Waals surface area contributed by atoms with E-state index in [0.29, 0.717) is 40.1 Å². The number of halogens is 1. The molecule has 0 saturated carbocycles. The van der Waals surface area contributed by atoms with Gasteiger partial charge < -0.3 is 14.6 Å². The number of aromatic amines is 1. The standard InChI is InChI=1S/C22H17ClN2O3/c23-18-8-4-5-9-20(18)28-21-13-24-25-22(21)17-11-10-16(12-19(17)26)27-14-15-6-2-1-3-7-15/h1-13,26H,14H2,(H,24,25). The fraction of sp³-hybridized carbons (Fsp3) is 0.0455. The lowest BCUT2D eigenvalue weighted by atomic mass is 10.1. The molecule has 4 rings (SSSR count). The van der Waals surface area contributed by atoms with Crippen LogP contribution in [0.15, 0.2) is 79.0 Å². The maximum absolute atomic E-state index is 10.5. The minimum atomic E-state index is 0.0545. The summed E-state index contributed by atoms with van der Waals surface area (Å²) in [6.07, 6.45) is 1.54. The Balaban J connectivity index is 1.54. The Morgan fingerprint density at radius 3 is 2.50 bits per heavy atom. The number of para-hydroxylation sites is 1. The van der Waals surface area contributed by atoms with Crippen LogP contribution in [0.1, 0.15) is 5.56 Å². The van der Waals surface area contributed by atoms with Crippen LogP contribution in [0.2, 0.25) is 5.02 Å². The molecule has 0 unspecified atom stereocenters. The topological polar surface area (TPSA) is 67.4 Å². The van der Waals surface area contributed by atoms with E-state index in [2.05, 4.69) is 10.2 Å². The lowest BCUT2D eigenvalue weighted by Crippen LogP contribution is -1.95. The number of aromatic hydroxyl groups is 1. The first-order chi connectivity index (χ1) is 13.7. The summed E-state index contributed by atoms with van der Waals surface area (Å²) in [7, 11) is 0. The second-order valence-electron chi connectivity index (χ2n) is 6.09. The number of hydrogen-bond acceptors (Lipinski definition) is 4. The van der Waals surface area contributed by atoms with E-state index < -0.39 is 0 Å². The number of ether oxygens (including phenoxy) is 2. The molecular weight excluding hydrogens is 376 g/mol. The van der Waals surface area contributed by atoms with Crippen LogP contribution in [0.25, 0.3) is 11.3 Å². The SMILES string of the molecule is Oc1cc(OCc2ccccc2)ccc1-c1[nH]ncc1Oc1ccccc1Cl.